The number of hydrogen-bond donors (Lipinski definition) is 2. The van der Waals surface area contributed by atoms with Gasteiger partial charge in [0.25, 0.3) is 0 Å². The average molecular weight is 442 g/mol. The van der Waals surface area contributed by atoms with E-state index in [2.05, 4.69) is 36.4 Å². The molecule has 1 heterocycles. The molecule has 1 saturated heterocycles. The zero-order valence-electron chi connectivity index (χ0n) is 18.8. The lowest BCUT2D eigenvalue weighted by Crippen LogP contribution is -2.47. The van der Waals surface area contributed by atoms with Gasteiger partial charge in [0.1, 0.15) is 5.82 Å². The van der Waals surface area contributed by atoms with Gasteiger partial charge in [-0.15, -0.1) is 0 Å². The Kier molecular flexibility index (Phi) is 8.67. The van der Waals surface area contributed by atoms with Crippen molar-refractivity contribution < 1.29 is 17.5 Å². The van der Waals surface area contributed by atoms with Gasteiger partial charge in [-0.3, -0.25) is 0 Å². The Bertz CT molecular complexity index is 835. The Labute approximate surface area is 180 Å². The molecule has 2 unspecified atom stereocenters. The highest BCUT2D eigenvalue weighted by Crippen LogP contribution is 2.33. The fraction of sp³-hybridized carbons (Fsp3) is 0.682. The second kappa shape index (κ2) is 10.6. The minimum Gasteiger partial charge on any atom is -0.377 e. The molecule has 30 heavy (non-hydrogen) atoms. The number of halogens is 1. The number of sulfone groups is 1. The summed E-state index contributed by atoms with van der Waals surface area (Å²) in [6.45, 7) is 11.0. The molecule has 6 nitrogen and oxygen atoms in total. The van der Waals surface area contributed by atoms with Gasteiger partial charge in [-0.25, -0.2) is 17.8 Å². The van der Waals surface area contributed by atoms with Crippen LogP contribution in [0.5, 0.6) is 0 Å². The summed E-state index contributed by atoms with van der Waals surface area (Å²) in [5, 5.41) is 6.61. The van der Waals surface area contributed by atoms with E-state index in [9.17, 15) is 12.8 Å². The second-order valence-corrected chi connectivity index (χ2v) is 11.3. The van der Waals surface area contributed by atoms with Crippen molar-refractivity contribution in [3.05, 3.63) is 35.1 Å². The smallest absolute Gasteiger partial charge is 0.191 e. The average Bonchev–Trinajstić information content (AvgIpc) is 2.64. The molecule has 1 aromatic carbocycles. The molecule has 0 bridgehead atoms. The SMILES string of the molecule is CCNC(=NCc1cc(F)ccc1CS(C)(=O)=O)NCC1CCCOC1C(C)(C)C. The van der Waals surface area contributed by atoms with E-state index >= 15 is 0 Å². The quantitative estimate of drug-likeness (QED) is 0.502. The molecule has 0 spiro atoms. The van der Waals surface area contributed by atoms with Crippen LogP contribution in [0.25, 0.3) is 0 Å². The Morgan fingerprint density at radius 2 is 2.00 bits per heavy atom. The minimum atomic E-state index is -3.22. The van der Waals surface area contributed by atoms with Gasteiger partial charge in [0.05, 0.1) is 18.4 Å². The molecule has 0 saturated carbocycles. The van der Waals surface area contributed by atoms with Gasteiger partial charge >= 0.3 is 0 Å². The van der Waals surface area contributed by atoms with E-state index in [-0.39, 0.29) is 23.8 Å². The summed E-state index contributed by atoms with van der Waals surface area (Å²) in [6, 6.07) is 4.17. The lowest BCUT2D eigenvalue weighted by molar-refractivity contribution is -0.0835. The lowest BCUT2D eigenvalue weighted by Gasteiger charge is -2.40. The van der Waals surface area contributed by atoms with Crippen LogP contribution in [0.1, 0.15) is 51.7 Å². The molecule has 1 aliphatic heterocycles. The maximum atomic E-state index is 13.8. The molecular formula is C22H36FN3O3S. The highest BCUT2D eigenvalue weighted by molar-refractivity contribution is 7.89. The predicted octanol–water partition coefficient (Wildman–Crippen LogP) is 3.27. The first kappa shape index (κ1) is 24.6. The van der Waals surface area contributed by atoms with E-state index in [1.807, 2.05) is 6.92 Å². The van der Waals surface area contributed by atoms with Crippen LogP contribution in [-0.2, 0) is 26.9 Å². The van der Waals surface area contributed by atoms with Gasteiger partial charge in [0, 0.05) is 31.9 Å². The molecule has 0 radical (unpaired) electrons. The lowest BCUT2D eigenvalue weighted by atomic mass is 9.78. The summed E-state index contributed by atoms with van der Waals surface area (Å²) in [7, 11) is -3.22. The molecule has 0 aromatic heterocycles. The number of ether oxygens (including phenoxy) is 1. The number of nitrogens with zero attached hydrogens (tertiary/aromatic N) is 1. The molecule has 170 valence electrons. The molecule has 1 fully saturated rings. The molecule has 0 amide bonds. The van der Waals surface area contributed by atoms with Crippen LogP contribution >= 0.6 is 0 Å². The van der Waals surface area contributed by atoms with Gasteiger partial charge in [0.2, 0.25) is 0 Å². The number of nitrogens with one attached hydrogen (secondary N) is 2. The van der Waals surface area contributed by atoms with Crippen molar-refractivity contribution in [1.82, 2.24) is 10.6 Å². The fourth-order valence-corrected chi connectivity index (χ4v) is 4.75. The molecule has 0 aliphatic carbocycles. The summed E-state index contributed by atoms with van der Waals surface area (Å²) in [6.07, 6.45) is 3.49. The summed E-state index contributed by atoms with van der Waals surface area (Å²) < 4.78 is 43.2. The summed E-state index contributed by atoms with van der Waals surface area (Å²) in [5.41, 5.74) is 1.21. The number of aliphatic imine (C=N–C) groups is 1. The zero-order chi connectivity index (χ0) is 22.4. The Morgan fingerprint density at radius 3 is 2.63 bits per heavy atom. The van der Waals surface area contributed by atoms with Crippen molar-refractivity contribution in [2.45, 2.75) is 58.9 Å². The number of benzene rings is 1. The van der Waals surface area contributed by atoms with Crippen molar-refractivity contribution in [3.8, 4) is 0 Å². The molecule has 1 aliphatic rings. The van der Waals surface area contributed by atoms with Crippen molar-refractivity contribution in [2.75, 3.05) is 26.0 Å². The number of rotatable bonds is 7. The topological polar surface area (TPSA) is 79.8 Å². The van der Waals surface area contributed by atoms with Crippen molar-refractivity contribution in [1.29, 1.82) is 0 Å². The Hall–Kier alpha value is -1.67. The molecule has 2 rings (SSSR count). The third-order valence-electron chi connectivity index (χ3n) is 5.17. The Morgan fingerprint density at radius 1 is 1.27 bits per heavy atom. The van der Waals surface area contributed by atoms with E-state index in [0.717, 1.165) is 26.0 Å². The van der Waals surface area contributed by atoms with Gasteiger partial charge < -0.3 is 15.4 Å². The van der Waals surface area contributed by atoms with Gasteiger partial charge in [-0.05, 0) is 48.4 Å². The predicted molar refractivity (Wildman–Crippen MR) is 120 cm³/mol. The third kappa shape index (κ3) is 7.87. The van der Waals surface area contributed by atoms with Crippen LogP contribution in [-0.4, -0.2) is 46.4 Å². The minimum absolute atomic E-state index is 0.0599. The van der Waals surface area contributed by atoms with Crippen molar-refractivity contribution >= 4 is 15.8 Å². The van der Waals surface area contributed by atoms with E-state index in [4.69, 9.17) is 4.74 Å². The van der Waals surface area contributed by atoms with Crippen LogP contribution < -0.4 is 10.6 Å². The van der Waals surface area contributed by atoms with Crippen LogP contribution in [0.4, 0.5) is 4.39 Å². The van der Waals surface area contributed by atoms with E-state index in [0.29, 0.717) is 29.5 Å². The maximum absolute atomic E-state index is 13.8. The van der Waals surface area contributed by atoms with E-state index in [1.54, 1.807) is 0 Å². The highest BCUT2D eigenvalue weighted by Gasteiger charge is 2.35. The highest BCUT2D eigenvalue weighted by atomic mass is 32.2. The van der Waals surface area contributed by atoms with Crippen LogP contribution in [0.2, 0.25) is 0 Å². The number of guanidine groups is 1. The van der Waals surface area contributed by atoms with Gasteiger partial charge in [-0.2, -0.15) is 0 Å². The summed E-state index contributed by atoms with van der Waals surface area (Å²) >= 11 is 0. The molecular weight excluding hydrogens is 405 g/mol. The number of hydrogen-bond acceptors (Lipinski definition) is 4. The molecule has 2 N–H and O–H groups in total. The summed E-state index contributed by atoms with van der Waals surface area (Å²) in [4.78, 5) is 4.58. The first-order valence-corrected chi connectivity index (χ1v) is 12.6. The fourth-order valence-electron chi connectivity index (χ4n) is 3.91. The van der Waals surface area contributed by atoms with Crippen LogP contribution in [0, 0.1) is 17.2 Å². The first-order chi connectivity index (χ1) is 14.0. The molecule has 1 aromatic rings. The first-order valence-electron chi connectivity index (χ1n) is 10.6. The van der Waals surface area contributed by atoms with E-state index < -0.39 is 15.7 Å². The van der Waals surface area contributed by atoms with Crippen molar-refractivity contribution in [3.63, 3.8) is 0 Å². The van der Waals surface area contributed by atoms with Crippen LogP contribution in [0.3, 0.4) is 0 Å². The second-order valence-electron chi connectivity index (χ2n) is 9.12. The maximum Gasteiger partial charge on any atom is 0.191 e. The summed E-state index contributed by atoms with van der Waals surface area (Å²) in [5.74, 6) is 0.472. The van der Waals surface area contributed by atoms with Crippen molar-refractivity contribution in [2.24, 2.45) is 16.3 Å². The van der Waals surface area contributed by atoms with Gasteiger partial charge in [0.15, 0.2) is 15.8 Å². The molecule has 8 heteroatoms. The third-order valence-corrected chi connectivity index (χ3v) is 6.00. The van der Waals surface area contributed by atoms with E-state index in [1.165, 1.54) is 24.5 Å². The Balaban J connectivity index is 2.12. The van der Waals surface area contributed by atoms with Crippen LogP contribution in [0.15, 0.2) is 23.2 Å². The monoisotopic (exact) mass is 441 g/mol. The standard InChI is InChI=1S/C22H36FN3O3S/c1-6-24-21(25-13-16-8-7-11-29-20(16)22(2,3)4)26-14-18-12-19(23)10-9-17(18)15-30(5,27)28/h9-10,12,16,20H,6-8,11,13-15H2,1-5H3,(H2,24,25,26). The normalized spacial score (nSPS) is 20.8. The van der Waals surface area contributed by atoms with Gasteiger partial charge in [-0.1, -0.05) is 26.8 Å². The largest absolute Gasteiger partial charge is 0.377 e. The zero-order valence-corrected chi connectivity index (χ0v) is 19.6. The molecule has 2 atom stereocenters.